The third-order valence-corrected chi connectivity index (χ3v) is 2.32. The van der Waals surface area contributed by atoms with Gasteiger partial charge < -0.3 is 10.6 Å². The third kappa shape index (κ3) is 3.80. The maximum atomic E-state index is 12.9. The molecule has 90 valence electrons. The standard InChI is InChI=1S/C13H15FN2O/c1-4-7-15-13(17)10(3)16-12-6-5-11(14)8-9(12)2/h1,5-6,8,10,16H,7H2,2-3H3,(H,15,17). The molecule has 0 aliphatic rings. The van der Waals surface area contributed by atoms with Crippen LogP contribution in [-0.4, -0.2) is 18.5 Å². The highest BCUT2D eigenvalue weighted by molar-refractivity contribution is 5.84. The summed E-state index contributed by atoms with van der Waals surface area (Å²) in [6, 6.07) is 3.94. The number of hydrogen-bond acceptors (Lipinski definition) is 2. The molecule has 1 aromatic carbocycles. The highest BCUT2D eigenvalue weighted by Crippen LogP contribution is 2.16. The van der Waals surface area contributed by atoms with Crippen molar-refractivity contribution < 1.29 is 9.18 Å². The number of terminal acetylenes is 1. The number of anilines is 1. The lowest BCUT2D eigenvalue weighted by Gasteiger charge is -2.16. The van der Waals surface area contributed by atoms with Crippen LogP contribution in [0.1, 0.15) is 12.5 Å². The van der Waals surface area contributed by atoms with Gasteiger partial charge in [-0.15, -0.1) is 6.42 Å². The molecular formula is C13H15FN2O. The van der Waals surface area contributed by atoms with Crippen LogP contribution in [-0.2, 0) is 4.79 Å². The monoisotopic (exact) mass is 234 g/mol. The first-order chi connectivity index (χ1) is 8.04. The summed E-state index contributed by atoms with van der Waals surface area (Å²) in [6.45, 7) is 3.69. The molecule has 1 aromatic rings. The highest BCUT2D eigenvalue weighted by Gasteiger charge is 2.12. The molecule has 1 unspecified atom stereocenters. The Labute approximate surface area is 100 Å². The SMILES string of the molecule is C#CCNC(=O)C(C)Nc1ccc(F)cc1C. The van der Waals surface area contributed by atoms with Gasteiger partial charge in [0.1, 0.15) is 11.9 Å². The number of carbonyl (C=O) groups excluding carboxylic acids is 1. The van der Waals surface area contributed by atoms with Crippen LogP contribution in [0.25, 0.3) is 0 Å². The molecule has 4 heteroatoms. The summed E-state index contributed by atoms with van der Waals surface area (Å²) in [5, 5.41) is 5.57. The molecule has 0 bridgehead atoms. The van der Waals surface area contributed by atoms with Crippen LogP contribution in [0.2, 0.25) is 0 Å². The van der Waals surface area contributed by atoms with Gasteiger partial charge in [0.15, 0.2) is 0 Å². The minimum atomic E-state index is -0.424. The number of nitrogens with one attached hydrogen (secondary N) is 2. The molecule has 17 heavy (non-hydrogen) atoms. The van der Waals surface area contributed by atoms with E-state index in [2.05, 4.69) is 16.6 Å². The van der Waals surface area contributed by atoms with Crippen LogP contribution >= 0.6 is 0 Å². The van der Waals surface area contributed by atoms with E-state index < -0.39 is 6.04 Å². The number of benzene rings is 1. The van der Waals surface area contributed by atoms with Crippen molar-refractivity contribution in [1.82, 2.24) is 5.32 Å². The molecule has 0 aliphatic carbocycles. The molecule has 0 saturated carbocycles. The van der Waals surface area contributed by atoms with E-state index in [4.69, 9.17) is 6.42 Å². The second-order valence-corrected chi connectivity index (χ2v) is 3.75. The summed E-state index contributed by atoms with van der Waals surface area (Å²) in [7, 11) is 0. The van der Waals surface area contributed by atoms with Crippen molar-refractivity contribution in [3.63, 3.8) is 0 Å². The lowest BCUT2D eigenvalue weighted by molar-refractivity contribution is -0.121. The lowest BCUT2D eigenvalue weighted by Crippen LogP contribution is -2.37. The van der Waals surface area contributed by atoms with Gasteiger partial charge >= 0.3 is 0 Å². The molecular weight excluding hydrogens is 219 g/mol. The van der Waals surface area contributed by atoms with Crippen molar-refractivity contribution in [2.45, 2.75) is 19.9 Å². The van der Waals surface area contributed by atoms with Gasteiger partial charge in [-0.25, -0.2) is 4.39 Å². The van der Waals surface area contributed by atoms with Gasteiger partial charge in [0, 0.05) is 5.69 Å². The average molecular weight is 234 g/mol. The van der Waals surface area contributed by atoms with E-state index in [0.717, 1.165) is 11.3 Å². The van der Waals surface area contributed by atoms with E-state index in [0.29, 0.717) is 0 Å². The molecule has 0 radical (unpaired) electrons. The fourth-order valence-corrected chi connectivity index (χ4v) is 1.38. The number of hydrogen-bond donors (Lipinski definition) is 2. The first-order valence-electron chi connectivity index (χ1n) is 5.28. The highest BCUT2D eigenvalue weighted by atomic mass is 19.1. The maximum Gasteiger partial charge on any atom is 0.242 e. The Balaban J connectivity index is 2.65. The zero-order valence-corrected chi connectivity index (χ0v) is 9.88. The smallest absolute Gasteiger partial charge is 0.242 e. The second-order valence-electron chi connectivity index (χ2n) is 3.75. The van der Waals surface area contributed by atoms with Crippen molar-refractivity contribution in [2.24, 2.45) is 0 Å². The molecule has 1 atom stereocenters. The number of aryl methyl sites for hydroxylation is 1. The van der Waals surface area contributed by atoms with Gasteiger partial charge in [0.05, 0.1) is 6.54 Å². The van der Waals surface area contributed by atoms with E-state index in [1.807, 2.05) is 0 Å². The Morgan fingerprint density at radius 3 is 2.88 bits per heavy atom. The minimum Gasteiger partial charge on any atom is -0.374 e. The van der Waals surface area contributed by atoms with E-state index in [1.54, 1.807) is 19.9 Å². The topological polar surface area (TPSA) is 41.1 Å². The van der Waals surface area contributed by atoms with Crippen molar-refractivity contribution in [2.75, 3.05) is 11.9 Å². The normalized spacial score (nSPS) is 11.4. The third-order valence-electron chi connectivity index (χ3n) is 2.32. The first kappa shape index (κ1) is 13.0. The Morgan fingerprint density at radius 1 is 1.59 bits per heavy atom. The van der Waals surface area contributed by atoms with Crippen LogP contribution in [0.15, 0.2) is 18.2 Å². The van der Waals surface area contributed by atoms with Gasteiger partial charge in [-0.2, -0.15) is 0 Å². The van der Waals surface area contributed by atoms with Crippen molar-refractivity contribution in [3.05, 3.63) is 29.6 Å². The molecule has 1 amide bonds. The van der Waals surface area contributed by atoms with Gasteiger partial charge in [0.25, 0.3) is 0 Å². The zero-order valence-electron chi connectivity index (χ0n) is 9.88. The van der Waals surface area contributed by atoms with E-state index >= 15 is 0 Å². The lowest BCUT2D eigenvalue weighted by atomic mass is 10.1. The van der Waals surface area contributed by atoms with Crippen LogP contribution < -0.4 is 10.6 Å². The molecule has 1 rings (SSSR count). The summed E-state index contributed by atoms with van der Waals surface area (Å²) in [5.74, 6) is 1.84. The summed E-state index contributed by atoms with van der Waals surface area (Å²) >= 11 is 0. The Hall–Kier alpha value is -2.02. The van der Waals surface area contributed by atoms with Gasteiger partial charge in [-0.05, 0) is 37.6 Å². The number of halogens is 1. The summed E-state index contributed by atoms with van der Waals surface area (Å²) in [6.07, 6.45) is 5.04. The maximum absolute atomic E-state index is 12.9. The number of amides is 1. The quantitative estimate of drug-likeness (QED) is 0.778. The molecule has 2 N–H and O–H groups in total. The van der Waals surface area contributed by atoms with Crippen LogP contribution in [0.4, 0.5) is 10.1 Å². The van der Waals surface area contributed by atoms with E-state index in [-0.39, 0.29) is 18.3 Å². The molecule has 0 aliphatic heterocycles. The Morgan fingerprint density at radius 2 is 2.29 bits per heavy atom. The fraction of sp³-hybridized carbons (Fsp3) is 0.308. The van der Waals surface area contributed by atoms with Gasteiger partial charge in [-0.3, -0.25) is 4.79 Å². The van der Waals surface area contributed by atoms with Crippen molar-refractivity contribution >= 4 is 11.6 Å². The minimum absolute atomic E-state index is 0.188. The summed E-state index contributed by atoms with van der Waals surface area (Å²) in [5.41, 5.74) is 1.48. The average Bonchev–Trinajstić information content (AvgIpc) is 2.29. The molecule has 0 aromatic heterocycles. The zero-order chi connectivity index (χ0) is 12.8. The van der Waals surface area contributed by atoms with Crippen molar-refractivity contribution in [1.29, 1.82) is 0 Å². The molecule has 0 saturated heterocycles. The molecule has 0 fully saturated rings. The Bertz CT molecular complexity index is 451. The Kier molecular flexibility index (Phi) is 4.53. The van der Waals surface area contributed by atoms with E-state index in [1.165, 1.54) is 12.1 Å². The molecule has 3 nitrogen and oxygen atoms in total. The number of carbonyl (C=O) groups is 1. The van der Waals surface area contributed by atoms with E-state index in [9.17, 15) is 9.18 Å². The first-order valence-corrected chi connectivity index (χ1v) is 5.28. The largest absolute Gasteiger partial charge is 0.374 e. The second kappa shape index (κ2) is 5.90. The predicted octanol–water partition coefficient (Wildman–Crippen LogP) is 1.68. The number of rotatable bonds is 4. The predicted molar refractivity (Wildman–Crippen MR) is 66.1 cm³/mol. The van der Waals surface area contributed by atoms with Crippen LogP contribution in [0.5, 0.6) is 0 Å². The van der Waals surface area contributed by atoms with Crippen LogP contribution in [0.3, 0.4) is 0 Å². The van der Waals surface area contributed by atoms with Crippen molar-refractivity contribution in [3.8, 4) is 12.3 Å². The summed E-state index contributed by atoms with van der Waals surface area (Å²) in [4.78, 5) is 11.5. The van der Waals surface area contributed by atoms with Gasteiger partial charge in [-0.1, -0.05) is 5.92 Å². The summed E-state index contributed by atoms with van der Waals surface area (Å²) < 4.78 is 12.9. The van der Waals surface area contributed by atoms with Gasteiger partial charge in [0.2, 0.25) is 5.91 Å². The molecule has 0 heterocycles. The fourth-order valence-electron chi connectivity index (χ4n) is 1.38. The molecule has 0 spiro atoms. The van der Waals surface area contributed by atoms with Crippen LogP contribution in [0, 0.1) is 25.1 Å².